The van der Waals surface area contributed by atoms with Crippen molar-refractivity contribution in [3.05, 3.63) is 29.8 Å². The number of hydrogen-bond donors (Lipinski definition) is 1. The first-order valence-electron chi connectivity index (χ1n) is 11.1. The van der Waals surface area contributed by atoms with Gasteiger partial charge in [-0.15, -0.1) is 0 Å². The van der Waals surface area contributed by atoms with E-state index in [1.807, 2.05) is 54.8 Å². The van der Waals surface area contributed by atoms with Crippen molar-refractivity contribution in [1.29, 1.82) is 0 Å². The quantitative estimate of drug-likeness (QED) is 0.819. The summed E-state index contributed by atoms with van der Waals surface area (Å²) >= 11 is 0. The number of hydrogen-bond acceptors (Lipinski definition) is 3. The van der Waals surface area contributed by atoms with E-state index in [1.165, 1.54) is 0 Å². The molecule has 2 aliphatic rings. The number of para-hydroxylation sites is 1. The summed E-state index contributed by atoms with van der Waals surface area (Å²) in [5, 5.41) is 3.10. The van der Waals surface area contributed by atoms with Gasteiger partial charge in [-0.25, -0.2) is 0 Å². The van der Waals surface area contributed by atoms with E-state index in [1.54, 1.807) is 0 Å². The van der Waals surface area contributed by atoms with Gasteiger partial charge in [-0.05, 0) is 51.2 Å². The molecule has 1 unspecified atom stereocenters. The molecule has 0 radical (unpaired) electrons. The minimum Gasteiger partial charge on any atom is -0.342 e. The molecule has 2 saturated heterocycles. The Labute approximate surface area is 180 Å². The molecule has 164 valence electrons. The molecule has 1 aromatic carbocycles. The lowest BCUT2D eigenvalue weighted by molar-refractivity contribution is -0.138. The van der Waals surface area contributed by atoms with Crippen LogP contribution in [0.3, 0.4) is 0 Å². The highest BCUT2D eigenvalue weighted by molar-refractivity contribution is 5.94. The number of benzene rings is 1. The van der Waals surface area contributed by atoms with Crippen molar-refractivity contribution in [1.82, 2.24) is 9.80 Å². The number of amides is 3. The van der Waals surface area contributed by atoms with Gasteiger partial charge in [0.05, 0.1) is 5.92 Å². The van der Waals surface area contributed by atoms with Crippen LogP contribution in [0.5, 0.6) is 0 Å². The van der Waals surface area contributed by atoms with Gasteiger partial charge in [-0.2, -0.15) is 0 Å². The molecule has 0 bridgehead atoms. The molecule has 3 amide bonds. The van der Waals surface area contributed by atoms with Crippen molar-refractivity contribution < 1.29 is 14.4 Å². The molecule has 6 nitrogen and oxygen atoms in total. The number of likely N-dealkylation sites (tertiary alicyclic amines) is 2. The number of nitrogens with one attached hydrogen (secondary N) is 1. The predicted molar refractivity (Wildman–Crippen MR) is 118 cm³/mol. The van der Waals surface area contributed by atoms with E-state index in [0.29, 0.717) is 44.8 Å². The first kappa shape index (κ1) is 22.3. The van der Waals surface area contributed by atoms with E-state index < -0.39 is 0 Å². The second-order valence-electron chi connectivity index (χ2n) is 9.91. The van der Waals surface area contributed by atoms with Gasteiger partial charge in [0, 0.05) is 43.2 Å². The molecular formula is C24H35N3O3. The fourth-order valence-electron chi connectivity index (χ4n) is 4.49. The molecule has 1 atom stereocenters. The molecule has 6 heteroatoms. The Bertz CT molecular complexity index is 804. The Morgan fingerprint density at radius 3 is 2.27 bits per heavy atom. The van der Waals surface area contributed by atoms with Crippen LogP contribution in [0.4, 0.5) is 5.69 Å². The van der Waals surface area contributed by atoms with Crippen molar-refractivity contribution in [3.63, 3.8) is 0 Å². The third-order valence-corrected chi connectivity index (χ3v) is 6.30. The van der Waals surface area contributed by atoms with Crippen molar-refractivity contribution >= 4 is 23.4 Å². The van der Waals surface area contributed by atoms with Crippen molar-refractivity contribution in [2.75, 3.05) is 25.0 Å². The third-order valence-electron chi connectivity index (χ3n) is 6.30. The summed E-state index contributed by atoms with van der Waals surface area (Å²) in [4.78, 5) is 41.7. The van der Waals surface area contributed by atoms with Crippen LogP contribution in [0, 0.1) is 11.8 Å². The van der Waals surface area contributed by atoms with Crippen molar-refractivity contribution in [2.45, 2.75) is 65.3 Å². The highest BCUT2D eigenvalue weighted by atomic mass is 16.2. The average molecular weight is 414 g/mol. The Morgan fingerprint density at radius 1 is 1.07 bits per heavy atom. The molecule has 0 saturated carbocycles. The minimum atomic E-state index is -0.264. The molecular weight excluding hydrogens is 378 g/mol. The van der Waals surface area contributed by atoms with E-state index >= 15 is 0 Å². The van der Waals surface area contributed by atoms with Crippen LogP contribution in [-0.4, -0.2) is 52.7 Å². The number of anilines is 1. The number of piperidine rings is 1. The van der Waals surface area contributed by atoms with Gasteiger partial charge in [0.2, 0.25) is 17.7 Å². The lowest BCUT2D eigenvalue weighted by atomic mass is 9.94. The third kappa shape index (κ3) is 4.85. The highest BCUT2D eigenvalue weighted by Crippen LogP contribution is 2.29. The Morgan fingerprint density at radius 2 is 1.70 bits per heavy atom. The molecule has 1 N–H and O–H groups in total. The first-order chi connectivity index (χ1) is 14.1. The predicted octanol–water partition coefficient (Wildman–Crippen LogP) is 3.63. The SMILES string of the molecule is CC(C)c1ccccc1NC(=O)C1CCN(C(=O)C2CC(=O)N(C(C)(C)C)C2)CC1. The summed E-state index contributed by atoms with van der Waals surface area (Å²) < 4.78 is 0. The average Bonchev–Trinajstić information content (AvgIpc) is 3.10. The van der Waals surface area contributed by atoms with E-state index in [9.17, 15) is 14.4 Å². The maximum Gasteiger partial charge on any atom is 0.227 e. The highest BCUT2D eigenvalue weighted by Gasteiger charge is 2.41. The molecule has 0 spiro atoms. The Kier molecular flexibility index (Phi) is 6.53. The van der Waals surface area contributed by atoms with Crippen molar-refractivity contribution in [3.8, 4) is 0 Å². The van der Waals surface area contributed by atoms with Gasteiger partial charge in [0.25, 0.3) is 0 Å². The second kappa shape index (κ2) is 8.78. The van der Waals surface area contributed by atoms with Gasteiger partial charge < -0.3 is 15.1 Å². The maximum atomic E-state index is 13.0. The zero-order chi connectivity index (χ0) is 22.1. The van der Waals surface area contributed by atoms with Gasteiger partial charge in [0.15, 0.2) is 0 Å². The molecule has 1 aromatic rings. The van der Waals surface area contributed by atoms with E-state index in [4.69, 9.17) is 0 Å². The van der Waals surface area contributed by atoms with Crippen LogP contribution in [-0.2, 0) is 14.4 Å². The topological polar surface area (TPSA) is 69.7 Å². The monoisotopic (exact) mass is 413 g/mol. The second-order valence-corrected chi connectivity index (χ2v) is 9.91. The summed E-state index contributed by atoms with van der Waals surface area (Å²) in [6.07, 6.45) is 1.61. The first-order valence-corrected chi connectivity index (χ1v) is 11.1. The molecule has 2 heterocycles. The van der Waals surface area contributed by atoms with Gasteiger partial charge >= 0.3 is 0 Å². The van der Waals surface area contributed by atoms with Crippen LogP contribution in [0.2, 0.25) is 0 Å². The fourth-order valence-corrected chi connectivity index (χ4v) is 4.49. The summed E-state index contributed by atoms with van der Waals surface area (Å²) in [6, 6.07) is 7.92. The van der Waals surface area contributed by atoms with Gasteiger partial charge in [-0.1, -0.05) is 32.0 Å². The van der Waals surface area contributed by atoms with Crippen molar-refractivity contribution in [2.24, 2.45) is 11.8 Å². The largest absolute Gasteiger partial charge is 0.342 e. The lowest BCUT2D eigenvalue weighted by Crippen LogP contribution is -2.46. The maximum absolute atomic E-state index is 13.0. The number of nitrogens with zero attached hydrogens (tertiary/aromatic N) is 2. The van der Waals surface area contributed by atoms with Crippen LogP contribution >= 0.6 is 0 Å². The van der Waals surface area contributed by atoms with Crippen LogP contribution in [0.15, 0.2) is 24.3 Å². The lowest BCUT2D eigenvalue weighted by Gasteiger charge is -2.34. The van der Waals surface area contributed by atoms with Crippen LogP contribution < -0.4 is 5.32 Å². The molecule has 0 aromatic heterocycles. The molecule has 30 heavy (non-hydrogen) atoms. The number of rotatable bonds is 4. The van der Waals surface area contributed by atoms with Gasteiger partial charge in [-0.3, -0.25) is 14.4 Å². The smallest absolute Gasteiger partial charge is 0.227 e. The standard InChI is InChI=1S/C24H35N3O3/c1-16(2)19-8-6-7-9-20(19)25-22(29)17-10-12-26(13-11-17)23(30)18-14-21(28)27(15-18)24(3,4)5/h6-9,16-18H,10-15H2,1-5H3,(H,25,29). The Hall–Kier alpha value is -2.37. The molecule has 0 aliphatic carbocycles. The summed E-state index contributed by atoms with van der Waals surface area (Å²) in [5.74, 6) is 0.122. The zero-order valence-corrected chi connectivity index (χ0v) is 18.9. The molecule has 3 rings (SSSR count). The summed E-state index contributed by atoms with van der Waals surface area (Å²) in [5.41, 5.74) is 1.75. The van der Waals surface area contributed by atoms with Gasteiger partial charge in [0.1, 0.15) is 0 Å². The Balaban J connectivity index is 1.54. The normalized spacial score (nSPS) is 20.7. The minimum absolute atomic E-state index is 0.0325. The molecule has 2 aliphatic heterocycles. The molecule has 2 fully saturated rings. The summed E-state index contributed by atoms with van der Waals surface area (Å²) in [7, 11) is 0. The zero-order valence-electron chi connectivity index (χ0n) is 18.9. The number of carbonyl (C=O) groups is 3. The number of carbonyl (C=O) groups excluding carboxylic acids is 3. The van der Waals surface area contributed by atoms with E-state index in [-0.39, 0.29) is 35.1 Å². The summed E-state index contributed by atoms with van der Waals surface area (Å²) in [6.45, 7) is 11.9. The fraction of sp³-hybridized carbons (Fsp3) is 0.625. The van der Waals surface area contributed by atoms with Crippen LogP contribution in [0.25, 0.3) is 0 Å². The van der Waals surface area contributed by atoms with E-state index in [0.717, 1.165) is 11.3 Å². The van der Waals surface area contributed by atoms with E-state index in [2.05, 4.69) is 19.2 Å². The van der Waals surface area contributed by atoms with Crippen LogP contribution in [0.1, 0.15) is 65.4 Å².